The Bertz CT molecular complexity index is 436. The second-order valence-corrected chi connectivity index (χ2v) is 3.20. The molecule has 0 saturated heterocycles. The molecular weight excluding hydrogens is 181 g/mol. The number of aromatic amines is 1. The highest BCUT2D eigenvalue weighted by Crippen LogP contribution is 2.12. The summed E-state index contributed by atoms with van der Waals surface area (Å²) in [5.74, 6) is 0.654. The molecule has 1 heterocycles. The van der Waals surface area contributed by atoms with E-state index >= 15 is 0 Å². The van der Waals surface area contributed by atoms with Crippen molar-refractivity contribution in [3.63, 3.8) is 0 Å². The van der Waals surface area contributed by atoms with Crippen LogP contribution in [-0.4, -0.2) is 23.6 Å². The molecule has 1 aromatic heterocycles. The number of likely N-dealkylation sites (N-methyl/N-ethyl adjacent to an activating group) is 1. The van der Waals surface area contributed by atoms with Crippen LogP contribution in [0, 0.1) is 5.82 Å². The fourth-order valence-corrected chi connectivity index (χ4v) is 1.40. The van der Waals surface area contributed by atoms with Crippen molar-refractivity contribution in [2.24, 2.45) is 0 Å². The molecule has 0 atom stereocenters. The van der Waals surface area contributed by atoms with Crippen LogP contribution in [0.25, 0.3) is 11.0 Å². The van der Waals surface area contributed by atoms with Crippen molar-refractivity contribution in [1.29, 1.82) is 0 Å². The van der Waals surface area contributed by atoms with Gasteiger partial charge in [0.05, 0.1) is 11.0 Å². The smallest absolute Gasteiger partial charge is 0.125 e. The summed E-state index contributed by atoms with van der Waals surface area (Å²) in [7, 11) is 1.89. The molecule has 1 aromatic carbocycles. The summed E-state index contributed by atoms with van der Waals surface area (Å²) in [6.45, 7) is 0.863. The van der Waals surface area contributed by atoms with Gasteiger partial charge in [0, 0.05) is 13.0 Å². The highest BCUT2D eigenvalue weighted by atomic mass is 19.1. The van der Waals surface area contributed by atoms with E-state index in [0.717, 1.165) is 29.8 Å². The molecule has 3 nitrogen and oxygen atoms in total. The minimum absolute atomic E-state index is 0.235. The van der Waals surface area contributed by atoms with E-state index in [-0.39, 0.29) is 5.82 Å². The number of rotatable bonds is 3. The van der Waals surface area contributed by atoms with Crippen LogP contribution >= 0.6 is 0 Å². The van der Waals surface area contributed by atoms with Crippen LogP contribution < -0.4 is 5.32 Å². The summed E-state index contributed by atoms with van der Waals surface area (Å²) >= 11 is 0. The Balaban J connectivity index is 2.32. The summed E-state index contributed by atoms with van der Waals surface area (Å²) in [5, 5.41) is 3.04. The zero-order chi connectivity index (χ0) is 9.97. The summed E-state index contributed by atoms with van der Waals surface area (Å²) in [6, 6.07) is 4.57. The minimum atomic E-state index is -0.235. The van der Waals surface area contributed by atoms with E-state index in [1.54, 1.807) is 6.07 Å². The van der Waals surface area contributed by atoms with Crippen molar-refractivity contribution in [3.8, 4) is 0 Å². The first-order valence-corrected chi connectivity index (χ1v) is 4.58. The number of nitrogens with one attached hydrogen (secondary N) is 2. The molecule has 0 fully saturated rings. The fourth-order valence-electron chi connectivity index (χ4n) is 1.40. The van der Waals surface area contributed by atoms with Gasteiger partial charge in [-0.1, -0.05) is 0 Å². The lowest BCUT2D eigenvalue weighted by atomic mass is 10.3. The lowest BCUT2D eigenvalue weighted by Gasteiger charge is -1.93. The summed E-state index contributed by atoms with van der Waals surface area (Å²) < 4.78 is 12.8. The lowest BCUT2D eigenvalue weighted by Crippen LogP contribution is -2.10. The Labute approximate surface area is 81.4 Å². The fraction of sp³-hybridized carbons (Fsp3) is 0.300. The number of hydrogen-bond donors (Lipinski definition) is 2. The molecule has 0 radical (unpaired) electrons. The third-order valence-corrected chi connectivity index (χ3v) is 2.10. The van der Waals surface area contributed by atoms with Gasteiger partial charge in [0.25, 0.3) is 0 Å². The number of aromatic nitrogens is 2. The van der Waals surface area contributed by atoms with Crippen molar-refractivity contribution < 1.29 is 4.39 Å². The van der Waals surface area contributed by atoms with Crippen molar-refractivity contribution in [3.05, 3.63) is 29.8 Å². The van der Waals surface area contributed by atoms with Crippen molar-refractivity contribution in [2.45, 2.75) is 6.42 Å². The van der Waals surface area contributed by atoms with Gasteiger partial charge in [-0.3, -0.25) is 0 Å². The molecule has 0 amide bonds. The lowest BCUT2D eigenvalue weighted by molar-refractivity contribution is 0.629. The van der Waals surface area contributed by atoms with E-state index in [2.05, 4.69) is 15.3 Å². The predicted octanol–water partition coefficient (Wildman–Crippen LogP) is 1.46. The highest BCUT2D eigenvalue weighted by Gasteiger charge is 2.02. The van der Waals surface area contributed by atoms with Gasteiger partial charge in [-0.15, -0.1) is 0 Å². The quantitative estimate of drug-likeness (QED) is 0.774. The molecule has 0 saturated carbocycles. The molecule has 0 unspecified atom stereocenters. The standard InChI is InChI=1S/C10H12FN3/c1-12-5-4-10-13-8-3-2-7(11)6-9(8)14-10/h2-3,6,12H,4-5H2,1H3,(H,13,14). The van der Waals surface area contributed by atoms with Gasteiger partial charge in [-0.2, -0.15) is 0 Å². The zero-order valence-corrected chi connectivity index (χ0v) is 7.97. The third kappa shape index (κ3) is 1.75. The molecule has 0 bridgehead atoms. The number of H-pyrrole nitrogens is 1. The first kappa shape index (κ1) is 9.15. The highest BCUT2D eigenvalue weighted by molar-refractivity contribution is 5.74. The average molecular weight is 193 g/mol. The van der Waals surface area contributed by atoms with Gasteiger partial charge in [0.15, 0.2) is 0 Å². The second kappa shape index (κ2) is 3.75. The summed E-state index contributed by atoms with van der Waals surface area (Å²) in [5.41, 5.74) is 1.58. The first-order valence-electron chi connectivity index (χ1n) is 4.58. The molecule has 0 aliphatic rings. The van der Waals surface area contributed by atoms with Crippen LogP contribution in [0.2, 0.25) is 0 Å². The molecule has 2 N–H and O–H groups in total. The van der Waals surface area contributed by atoms with Crippen LogP contribution in [-0.2, 0) is 6.42 Å². The maximum Gasteiger partial charge on any atom is 0.125 e. The molecule has 74 valence electrons. The van der Waals surface area contributed by atoms with Gasteiger partial charge in [-0.05, 0) is 25.2 Å². The van der Waals surface area contributed by atoms with Crippen molar-refractivity contribution in [1.82, 2.24) is 15.3 Å². The van der Waals surface area contributed by atoms with Gasteiger partial charge in [0.2, 0.25) is 0 Å². The molecule has 2 rings (SSSR count). The molecule has 14 heavy (non-hydrogen) atoms. The van der Waals surface area contributed by atoms with Crippen molar-refractivity contribution >= 4 is 11.0 Å². The van der Waals surface area contributed by atoms with Gasteiger partial charge < -0.3 is 10.3 Å². The molecule has 0 aliphatic heterocycles. The maximum atomic E-state index is 12.8. The van der Waals surface area contributed by atoms with Crippen LogP contribution in [0.15, 0.2) is 18.2 Å². The predicted molar refractivity (Wildman–Crippen MR) is 53.7 cm³/mol. The zero-order valence-electron chi connectivity index (χ0n) is 7.97. The van der Waals surface area contributed by atoms with Crippen molar-refractivity contribution in [2.75, 3.05) is 13.6 Å². The monoisotopic (exact) mass is 193 g/mol. The Kier molecular flexibility index (Phi) is 2.45. The number of nitrogens with zero attached hydrogens (tertiary/aromatic N) is 1. The summed E-state index contributed by atoms with van der Waals surface area (Å²) in [6.07, 6.45) is 0.826. The van der Waals surface area contributed by atoms with E-state index in [9.17, 15) is 4.39 Å². The Hall–Kier alpha value is -1.42. The maximum absolute atomic E-state index is 12.8. The number of imidazole rings is 1. The average Bonchev–Trinajstić information content (AvgIpc) is 2.56. The van der Waals surface area contributed by atoms with Crippen LogP contribution in [0.4, 0.5) is 4.39 Å². The Morgan fingerprint density at radius 3 is 3.14 bits per heavy atom. The summed E-state index contributed by atoms with van der Waals surface area (Å²) in [4.78, 5) is 7.41. The largest absolute Gasteiger partial charge is 0.342 e. The Morgan fingerprint density at radius 1 is 1.50 bits per heavy atom. The third-order valence-electron chi connectivity index (χ3n) is 2.10. The van der Waals surface area contributed by atoms with E-state index in [4.69, 9.17) is 0 Å². The van der Waals surface area contributed by atoms with E-state index in [0.29, 0.717) is 0 Å². The number of halogens is 1. The van der Waals surface area contributed by atoms with Gasteiger partial charge in [-0.25, -0.2) is 9.37 Å². The number of hydrogen-bond acceptors (Lipinski definition) is 2. The molecule has 2 aromatic rings. The van der Waals surface area contributed by atoms with Crippen LogP contribution in [0.3, 0.4) is 0 Å². The Morgan fingerprint density at radius 2 is 2.36 bits per heavy atom. The second-order valence-electron chi connectivity index (χ2n) is 3.20. The topological polar surface area (TPSA) is 40.7 Å². The van der Waals surface area contributed by atoms with E-state index in [1.165, 1.54) is 12.1 Å². The normalized spacial score (nSPS) is 11.0. The van der Waals surface area contributed by atoms with Gasteiger partial charge >= 0.3 is 0 Å². The van der Waals surface area contributed by atoms with E-state index < -0.39 is 0 Å². The van der Waals surface area contributed by atoms with Crippen LogP contribution in [0.1, 0.15) is 5.82 Å². The SMILES string of the molecule is CNCCc1nc2ccc(F)cc2[nH]1. The molecule has 4 heteroatoms. The molecular formula is C10H12FN3. The van der Waals surface area contributed by atoms with E-state index in [1.807, 2.05) is 7.05 Å². The minimum Gasteiger partial charge on any atom is -0.342 e. The van der Waals surface area contributed by atoms with Gasteiger partial charge in [0.1, 0.15) is 11.6 Å². The number of fused-ring (bicyclic) bond motifs is 1. The van der Waals surface area contributed by atoms with Crippen LogP contribution in [0.5, 0.6) is 0 Å². The first-order chi connectivity index (χ1) is 6.79. The number of benzene rings is 1. The molecule has 0 spiro atoms. The molecule has 0 aliphatic carbocycles.